The Balaban J connectivity index is 2.90. The van der Waals surface area contributed by atoms with Crippen LogP contribution in [0.5, 0.6) is 0 Å². The Hall–Kier alpha value is -1.22. The zero-order valence-electron chi connectivity index (χ0n) is 6.58. The molecule has 1 heterocycles. The van der Waals surface area contributed by atoms with Gasteiger partial charge in [-0.2, -0.15) is 5.10 Å². The molecule has 0 bridgehead atoms. The number of nitrogens with two attached hydrogens (primary N) is 1. The van der Waals surface area contributed by atoms with Crippen molar-refractivity contribution in [2.24, 2.45) is 7.05 Å². The van der Waals surface area contributed by atoms with Crippen LogP contribution in [0.15, 0.2) is 18.2 Å². The Kier molecular flexibility index (Phi) is 1.48. The second kappa shape index (κ2) is 2.38. The van der Waals surface area contributed by atoms with Crippen LogP contribution >= 0.6 is 11.6 Å². The molecule has 0 amide bonds. The van der Waals surface area contributed by atoms with E-state index in [0.29, 0.717) is 10.8 Å². The summed E-state index contributed by atoms with van der Waals surface area (Å²) in [6, 6.07) is 5.55. The zero-order valence-corrected chi connectivity index (χ0v) is 7.34. The van der Waals surface area contributed by atoms with Gasteiger partial charge >= 0.3 is 0 Å². The molecule has 2 rings (SSSR count). The molecule has 3 nitrogen and oxygen atoms in total. The molecule has 4 heteroatoms. The van der Waals surface area contributed by atoms with Gasteiger partial charge in [0.25, 0.3) is 0 Å². The fourth-order valence-electron chi connectivity index (χ4n) is 1.26. The lowest BCUT2D eigenvalue weighted by molar-refractivity contribution is 0.802. The van der Waals surface area contributed by atoms with Gasteiger partial charge in [-0.1, -0.05) is 11.6 Å². The third-order valence-electron chi connectivity index (χ3n) is 1.84. The molecule has 0 unspecified atom stereocenters. The number of nitrogen functional groups attached to an aromatic ring is 1. The topological polar surface area (TPSA) is 43.8 Å². The number of benzene rings is 1. The van der Waals surface area contributed by atoms with Gasteiger partial charge < -0.3 is 5.73 Å². The normalized spacial score (nSPS) is 10.8. The number of rotatable bonds is 0. The average molecular weight is 182 g/mol. The van der Waals surface area contributed by atoms with Crippen molar-refractivity contribution in [1.29, 1.82) is 0 Å². The lowest BCUT2D eigenvalue weighted by atomic mass is 10.2. The summed E-state index contributed by atoms with van der Waals surface area (Å²) in [4.78, 5) is 0. The molecule has 0 spiro atoms. The minimum atomic E-state index is 0.523. The lowest BCUT2D eigenvalue weighted by Crippen LogP contribution is -1.90. The molecule has 0 aliphatic heterocycles. The second-order valence-electron chi connectivity index (χ2n) is 2.67. The molecule has 0 saturated carbocycles. The molecule has 0 fully saturated rings. The van der Waals surface area contributed by atoms with Crippen LogP contribution in [0.25, 0.3) is 10.9 Å². The fourth-order valence-corrected chi connectivity index (χ4v) is 1.44. The highest BCUT2D eigenvalue weighted by Gasteiger charge is 2.04. The Morgan fingerprint density at radius 1 is 1.50 bits per heavy atom. The largest absolute Gasteiger partial charge is 0.382 e. The van der Waals surface area contributed by atoms with Crippen molar-refractivity contribution < 1.29 is 0 Å². The van der Waals surface area contributed by atoms with Gasteiger partial charge in [0.05, 0.1) is 5.52 Å². The van der Waals surface area contributed by atoms with Crippen molar-refractivity contribution in [3.63, 3.8) is 0 Å². The minimum Gasteiger partial charge on any atom is -0.382 e. The van der Waals surface area contributed by atoms with Crippen LogP contribution in [0.2, 0.25) is 5.02 Å². The molecule has 12 heavy (non-hydrogen) atoms. The Morgan fingerprint density at radius 3 is 3.00 bits per heavy atom. The molecule has 0 saturated heterocycles. The summed E-state index contributed by atoms with van der Waals surface area (Å²) in [6.07, 6.45) is 0. The lowest BCUT2D eigenvalue weighted by Gasteiger charge is -1.92. The van der Waals surface area contributed by atoms with Gasteiger partial charge in [0.1, 0.15) is 0 Å². The van der Waals surface area contributed by atoms with E-state index in [1.807, 2.05) is 25.2 Å². The quantitative estimate of drug-likeness (QED) is 0.674. The first-order valence-electron chi connectivity index (χ1n) is 3.56. The summed E-state index contributed by atoms with van der Waals surface area (Å²) in [6.45, 7) is 0. The Labute approximate surface area is 74.7 Å². The predicted molar refractivity (Wildman–Crippen MR) is 50.1 cm³/mol. The monoisotopic (exact) mass is 181 g/mol. The number of hydrogen-bond donors (Lipinski definition) is 1. The van der Waals surface area contributed by atoms with Crippen molar-refractivity contribution in [2.75, 3.05) is 5.73 Å². The van der Waals surface area contributed by atoms with Crippen molar-refractivity contribution in [2.45, 2.75) is 0 Å². The van der Waals surface area contributed by atoms with Crippen molar-refractivity contribution >= 4 is 28.3 Å². The highest BCUT2D eigenvalue weighted by Crippen LogP contribution is 2.23. The summed E-state index contributed by atoms with van der Waals surface area (Å²) in [5.41, 5.74) is 6.65. The van der Waals surface area contributed by atoms with Crippen molar-refractivity contribution in [3.8, 4) is 0 Å². The van der Waals surface area contributed by atoms with E-state index < -0.39 is 0 Å². The standard InChI is InChI=1S/C8H8ClN3/c1-12-7-3-2-5(9)4-6(7)8(10)11-12/h2-4H,1H3,(H2,10,11). The van der Waals surface area contributed by atoms with E-state index in [4.69, 9.17) is 17.3 Å². The third kappa shape index (κ3) is 0.940. The van der Waals surface area contributed by atoms with Crippen LogP contribution in [-0.4, -0.2) is 9.78 Å². The second-order valence-corrected chi connectivity index (χ2v) is 3.11. The predicted octanol–water partition coefficient (Wildman–Crippen LogP) is 1.81. The van der Waals surface area contributed by atoms with Crippen molar-refractivity contribution in [1.82, 2.24) is 9.78 Å². The molecule has 62 valence electrons. The molecule has 2 N–H and O–H groups in total. The van der Waals surface area contributed by atoms with E-state index >= 15 is 0 Å². The van der Waals surface area contributed by atoms with Gasteiger partial charge in [-0.15, -0.1) is 0 Å². The number of fused-ring (bicyclic) bond motifs is 1. The molecule has 0 aliphatic carbocycles. The van der Waals surface area contributed by atoms with Gasteiger partial charge in [-0.05, 0) is 18.2 Å². The zero-order chi connectivity index (χ0) is 8.72. The van der Waals surface area contributed by atoms with Gasteiger partial charge in [0.15, 0.2) is 5.82 Å². The Morgan fingerprint density at radius 2 is 2.25 bits per heavy atom. The average Bonchev–Trinajstić information content (AvgIpc) is 2.28. The summed E-state index contributed by atoms with van der Waals surface area (Å²) in [5, 5.41) is 5.66. The highest BCUT2D eigenvalue weighted by atomic mass is 35.5. The van der Waals surface area contributed by atoms with Gasteiger partial charge in [0.2, 0.25) is 0 Å². The van der Waals surface area contributed by atoms with Gasteiger partial charge in [-0.3, -0.25) is 4.68 Å². The summed E-state index contributed by atoms with van der Waals surface area (Å²) >= 11 is 5.81. The number of halogens is 1. The molecular weight excluding hydrogens is 174 g/mol. The number of nitrogens with zero attached hydrogens (tertiary/aromatic N) is 2. The maximum atomic E-state index is 5.81. The van der Waals surface area contributed by atoms with Crippen LogP contribution in [0, 0.1) is 0 Å². The minimum absolute atomic E-state index is 0.523. The third-order valence-corrected chi connectivity index (χ3v) is 2.08. The maximum Gasteiger partial charge on any atom is 0.153 e. The Bertz CT molecular complexity index is 433. The first-order valence-corrected chi connectivity index (χ1v) is 3.94. The number of hydrogen-bond acceptors (Lipinski definition) is 2. The van der Waals surface area contributed by atoms with E-state index in [-0.39, 0.29) is 0 Å². The number of aryl methyl sites for hydroxylation is 1. The fraction of sp³-hybridized carbons (Fsp3) is 0.125. The van der Waals surface area contributed by atoms with Crippen LogP contribution in [0.3, 0.4) is 0 Å². The summed E-state index contributed by atoms with van der Waals surface area (Å²) in [7, 11) is 1.85. The first-order chi connectivity index (χ1) is 5.68. The molecular formula is C8H8ClN3. The van der Waals surface area contributed by atoms with Crippen LogP contribution in [0.1, 0.15) is 0 Å². The molecule has 0 aliphatic rings. The summed E-state index contributed by atoms with van der Waals surface area (Å²) in [5.74, 6) is 0.523. The van der Waals surface area contributed by atoms with E-state index in [2.05, 4.69) is 5.10 Å². The smallest absolute Gasteiger partial charge is 0.153 e. The molecule has 0 radical (unpaired) electrons. The number of aromatic nitrogens is 2. The number of anilines is 1. The highest BCUT2D eigenvalue weighted by molar-refractivity contribution is 6.31. The van der Waals surface area contributed by atoms with Crippen LogP contribution < -0.4 is 5.73 Å². The maximum absolute atomic E-state index is 5.81. The van der Waals surface area contributed by atoms with Crippen molar-refractivity contribution in [3.05, 3.63) is 23.2 Å². The molecule has 1 aromatic carbocycles. The molecule has 0 atom stereocenters. The van der Waals surface area contributed by atoms with E-state index in [9.17, 15) is 0 Å². The summed E-state index contributed by atoms with van der Waals surface area (Å²) < 4.78 is 1.74. The van der Waals surface area contributed by atoms with Gasteiger partial charge in [-0.25, -0.2) is 0 Å². The van der Waals surface area contributed by atoms with E-state index in [1.54, 1.807) is 4.68 Å². The molecule has 1 aromatic heterocycles. The van der Waals surface area contributed by atoms with Gasteiger partial charge in [0, 0.05) is 17.5 Å². The van der Waals surface area contributed by atoms with Crippen LogP contribution in [-0.2, 0) is 7.05 Å². The van der Waals surface area contributed by atoms with Crippen LogP contribution in [0.4, 0.5) is 5.82 Å². The van der Waals surface area contributed by atoms with E-state index in [0.717, 1.165) is 10.9 Å². The SMILES string of the molecule is Cn1nc(N)c2cc(Cl)ccc21. The molecule has 2 aromatic rings. The van der Waals surface area contributed by atoms with E-state index in [1.165, 1.54) is 0 Å². The first kappa shape index (κ1) is 7.43.